The van der Waals surface area contributed by atoms with Crippen LogP contribution in [0.2, 0.25) is 0 Å². The van der Waals surface area contributed by atoms with Crippen molar-refractivity contribution in [2.24, 2.45) is 0 Å². The second-order valence-corrected chi connectivity index (χ2v) is 7.20. The lowest BCUT2D eigenvalue weighted by Crippen LogP contribution is -2.51. The zero-order valence-electron chi connectivity index (χ0n) is 15.7. The largest absolute Gasteiger partial charge is 0.442 e. The number of anilines is 1. The molecule has 142 valence electrons. The first-order valence-electron chi connectivity index (χ1n) is 9.63. The number of rotatable bonds is 3. The number of pyridine rings is 1. The van der Waals surface area contributed by atoms with Gasteiger partial charge in [0.05, 0.1) is 36.1 Å². The highest BCUT2D eigenvalue weighted by atomic mass is 16.5. The van der Waals surface area contributed by atoms with E-state index in [-0.39, 0.29) is 12.1 Å². The molecule has 0 N–H and O–H groups in total. The van der Waals surface area contributed by atoms with E-state index in [0.29, 0.717) is 23.4 Å². The summed E-state index contributed by atoms with van der Waals surface area (Å²) in [6.45, 7) is 6.60. The van der Waals surface area contributed by atoms with Crippen LogP contribution in [0.15, 0.2) is 41.1 Å². The van der Waals surface area contributed by atoms with Gasteiger partial charge in [0.1, 0.15) is 0 Å². The van der Waals surface area contributed by atoms with E-state index in [1.165, 1.54) is 6.39 Å². The van der Waals surface area contributed by atoms with E-state index in [9.17, 15) is 5.26 Å². The molecule has 28 heavy (non-hydrogen) atoms. The van der Waals surface area contributed by atoms with Crippen LogP contribution < -0.4 is 4.90 Å². The van der Waals surface area contributed by atoms with Crippen molar-refractivity contribution in [1.29, 1.82) is 5.26 Å². The zero-order valence-corrected chi connectivity index (χ0v) is 15.7. The Morgan fingerprint density at radius 2 is 2.18 bits per heavy atom. The smallest absolute Gasteiger partial charge is 0.199 e. The summed E-state index contributed by atoms with van der Waals surface area (Å²) in [6.07, 6.45) is 1.58. The molecule has 0 aliphatic carbocycles. The van der Waals surface area contributed by atoms with Crippen LogP contribution >= 0.6 is 0 Å². The fourth-order valence-corrected chi connectivity index (χ4v) is 4.36. The van der Waals surface area contributed by atoms with Gasteiger partial charge < -0.3 is 14.1 Å². The van der Waals surface area contributed by atoms with E-state index >= 15 is 0 Å². The van der Waals surface area contributed by atoms with Crippen LogP contribution in [0.1, 0.15) is 12.5 Å². The third-order valence-electron chi connectivity index (χ3n) is 5.75. The monoisotopic (exact) mass is 375 g/mol. The average molecular weight is 375 g/mol. The number of nitrogens with zero attached hydrogens (tertiary/aromatic N) is 5. The zero-order chi connectivity index (χ0) is 19.1. The van der Waals surface area contributed by atoms with E-state index in [4.69, 9.17) is 9.15 Å². The van der Waals surface area contributed by atoms with Gasteiger partial charge in [0, 0.05) is 30.9 Å². The van der Waals surface area contributed by atoms with Crippen molar-refractivity contribution in [3.8, 4) is 17.3 Å². The normalized spacial score (nSPS) is 22.4. The second kappa shape index (κ2) is 6.89. The van der Waals surface area contributed by atoms with E-state index in [2.05, 4.69) is 38.8 Å². The van der Waals surface area contributed by atoms with Gasteiger partial charge in [-0.1, -0.05) is 13.0 Å². The number of likely N-dealkylation sites (N-methyl/N-ethyl adjacent to an activating group) is 1. The molecule has 0 radical (unpaired) electrons. The van der Waals surface area contributed by atoms with Gasteiger partial charge in [0.25, 0.3) is 0 Å². The minimum absolute atomic E-state index is 0.193. The Kier molecular flexibility index (Phi) is 4.23. The Morgan fingerprint density at radius 1 is 1.25 bits per heavy atom. The number of hydrogen-bond acceptors (Lipinski definition) is 7. The third-order valence-corrected chi connectivity index (χ3v) is 5.75. The lowest BCUT2D eigenvalue weighted by atomic mass is 9.99. The first-order valence-corrected chi connectivity index (χ1v) is 9.63. The van der Waals surface area contributed by atoms with Gasteiger partial charge in [-0.3, -0.25) is 4.90 Å². The summed E-state index contributed by atoms with van der Waals surface area (Å²) in [6, 6.07) is 12.3. The fraction of sp³-hybridized carbons (Fsp3) is 0.381. The van der Waals surface area contributed by atoms with Crippen molar-refractivity contribution in [3.63, 3.8) is 0 Å². The first-order chi connectivity index (χ1) is 13.8. The summed E-state index contributed by atoms with van der Waals surface area (Å²) in [5, 5.41) is 9.78. The molecule has 2 fully saturated rings. The number of morpholine rings is 1. The summed E-state index contributed by atoms with van der Waals surface area (Å²) in [7, 11) is 0. The summed E-state index contributed by atoms with van der Waals surface area (Å²) >= 11 is 0. The Hall–Kier alpha value is -2.95. The SMILES string of the molecule is CCN1C[C@H]2OCCN(c3cccc(C#N)c3-c3ccc4ocnc4n3)[C@H]2C1. The van der Waals surface area contributed by atoms with Crippen molar-refractivity contribution >= 4 is 16.9 Å². The van der Waals surface area contributed by atoms with Crippen LogP contribution in [0, 0.1) is 11.3 Å². The molecule has 5 rings (SSSR count). The molecule has 7 nitrogen and oxygen atoms in total. The lowest BCUT2D eigenvalue weighted by molar-refractivity contribution is 0.0311. The maximum atomic E-state index is 9.78. The predicted octanol–water partition coefficient (Wildman–Crippen LogP) is 2.67. The molecule has 0 saturated carbocycles. The molecule has 0 amide bonds. The molecule has 2 aromatic heterocycles. The molecule has 0 unspecified atom stereocenters. The molecule has 2 aliphatic heterocycles. The van der Waals surface area contributed by atoms with Crippen molar-refractivity contribution in [2.75, 3.05) is 37.7 Å². The molecule has 3 aromatic rings. The number of benzene rings is 1. The molecule has 4 heterocycles. The Morgan fingerprint density at radius 3 is 3.04 bits per heavy atom. The van der Waals surface area contributed by atoms with Crippen molar-refractivity contribution in [1.82, 2.24) is 14.9 Å². The highest BCUT2D eigenvalue weighted by molar-refractivity contribution is 5.84. The Labute approximate surface area is 163 Å². The van der Waals surface area contributed by atoms with Crippen LogP contribution in [-0.2, 0) is 4.74 Å². The van der Waals surface area contributed by atoms with E-state index in [1.807, 2.05) is 24.3 Å². The molecule has 2 atom stereocenters. The van der Waals surface area contributed by atoms with E-state index < -0.39 is 0 Å². The van der Waals surface area contributed by atoms with Crippen molar-refractivity contribution in [2.45, 2.75) is 19.1 Å². The van der Waals surface area contributed by atoms with Gasteiger partial charge in [0.2, 0.25) is 0 Å². The summed E-state index contributed by atoms with van der Waals surface area (Å²) in [4.78, 5) is 13.7. The summed E-state index contributed by atoms with van der Waals surface area (Å²) < 4.78 is 11.4. The highest BCUT2D eigenvalue weighted by Gasteiger charge is 2.40. The Bertz CT molecular complexity index is 1060. The van der Waals surface area contributed by atoms with Gasteiger partial charge in [-0.15, -0.1) is 0 Å². The van der Waals surface area contributed by atoms with E-state index in [0.717, 1.165) is 43.1 Å². The number of ether oxygens (including phenoxy) is 1. The maximum Gasteiger partial charge on any atom is 0.199 e. The molecule has 0 bridgehead atoms. The summed E-state index contributed by atoms with van der Waals surface area (Å²) in [5.74, 6) is 0. The van der Waals surface area contributed by atoms with Crippen LogP contribution in [0.25, 0.3) is 22.5 Å². The number of aromatic nitrogens is 2. The fourth-order valence-electron chi connectivity index (χ4n) is 4.36. The third kappa shape index (κ3) is 2.73. The molecule has 0 spiro atoms. The summed E-state index contributed by atoms with van der Waals surface area (Å²) in [5.41, 5.74) is 4.42. The molecule has 2 saturated heterocycles. The molecular weight excluding hydrogens is 354 g/mol. The van der Waals surface area contributed by atoms with Crippen LogP contribution in [0.4, 0.5) is 5.69 Å². The van der Waals surface area contributed by atoms with Gasteiger partial charge in [-0.2, -0.15) is 10.2 Å². The van der Waals surface area contributed by atoms with Crippen molar-refractivity contribution < 1.29 is 9.15 Å². The quantitative estimate of drug-likeness (QED) is 0.696. The van der Waals surface area contributed by atoms with E-state index in [1.54, 1.807) is 0 Å². The molecule has 1 aromatic carbocycles. The van der Waals surface area contributed by atoms with Crippen LogP contribution in [-0.4, -0.2) is 59.8 Å². The Balaban J connectivity index is 1.63. The molecular formula is C21H21N5O2. The number of hydrogen-bond donors (Lipinski definition) is 0. The van der Waals surface area contributed by atoms with Gasteiger partial charge in [-0.25, -0.2) is 4.98 Å². The van der Waals surface area contributed by atoms with Gasteiger partial charge >= 0.3 is 0 Å². The second-order valence-electron chi connectivity index (χ2n) is 7.20. The molecule has 7 heteroatoms. The first kappa shape index (κ1) is 17.2. The number of fused-ring (bicyclic) bond motifs is 2. The number of likely N-dealkylation sites (tertiary alicyclic amines) is 1. The van der Waals surface area contributed by atoms with Gasteiger partial charge in [-0.05, 0) is 30.8 Å². The topological polar surface area (TPSA) is 78.4 Å². The lowest BCUT2D eigenvalue weighted by Gasteiger charge is -2.39. The average Bonchev–Trinajstić information content (AvgIpc) is 3.38. The predicted molar refractivity (Wildman–Crippen MR) is 105 cm³/mol. The van der Waals surface area contributed by atoms with Gasteiger partial charge in [0.15, 0.2) is 17.6 Å². The molecule has 2 aliphatic rings. The number of nitriles is 1. The highest BCUT2D eigenvalue weighted by Crippen LogP contribution is 2.37. The standard InChI is InChI=1S/C21H21N5O2/c1-2-25-11-17-19(12-25)27-9-8-26(17)16-5-3-4-14(10-22)20(16)15-6-7-18-21(24-15)23-13-28-18/h3-7,13,17,19H,2,8-9,11-12H2,1H3/t17-,19+/m0/s1. The van der Waals surface area contributed by atoms with Crippen molar-refractivity contribution in [3.05, 3.63) is 42.3 Å². The minimum atomic E-state index is 0.193. The number of oxazole rings is 1. The van der Waals surface area contributed by atoms with Crippen LogP contribution in [0.3, 0.4) is 0 Å². The maximum absolute atomic E-state index is 9.78. The minimum Gasteiger partial charge on any atom is -0.442 e. The van der Waals surface area contributed by atoms with Crippen LogP contribution in [0.5, 0.6) is 0 Å².